The molecule has 2 aromatic carbocycles. The normalized spacial score (nSPS) is 16.5. The van der Waals surface area contributed by atoms with E-state index in [1.165, 1.54) is 40.3 Å². The van der Waals surface area contributed by atoms with E-state index < -0.39 is 34.3 Å². The smallest absolute Gasteiger partial charge is 0.309 e. The van der Waals surface area contributed by atoms with Crippen LogP contribution in [-0.2, 0) is 28.0 Å². The first-order chi connectivity index (χ1) is 19.9. The molecular weight excluding hydrogens is 564 g/mol. The molecule has 3 aromatic heterocycles. The van der Waals surface area contributed by atoms with Crippen LogP contribution < -0.4 is 11.1 Å². The van der Waals surface area contributed by atoms with E-state index in [4.69, 9.17) is 5.73 Å². The number of aromatic nitrogens is 5. The number of rotatable bonds is 7. The second kappa shape index (κ2) is 9.65. The van der Waals surface area contributed by atoms with Crippen molar-refractivity contribution >= 4 is 45.8 Å². The summed E-state index contributed by atoms with van der Waals surface area (Å²) in [7, 11) is 0. The zero-order chi connectivity index (χ0) is 30.0. The predicted molar refractivity (Wildman–Crippen MR) is 153 cm³/mol. The third-order valence-corrected chi connectivity index (χ3v) is 8.62. The van der Waals surface area contributed by atoms with Gasteiger partial charge in [0.25, 0.3) is 0 Å². The molecule has 1 aliphatic rings. The number of thiazole rings is 1. The Bertz CT molecular complexity index is 1920. The summed E-state index contributed by atoms with van der Waals surface area (Å²) >= 11 is 1.23. The lowest BCUT2D eigenvalue weighted by atomic mass is 9.85. The van der Waals surface area contributed by atoms with Crippen molar-refractivity contribution in [1.82, 2.24) is 24.7 Å². The van der Waals surface area contributed by atoms with Gasteiger partial charge in [-0.15, -0.1) is 11.3 Å². The van der Waals surface area contributed by atoms with Crippen LogP contribution >= 0.6 is 11.3 Å². The molecule has 0 saturated carbocycles. The number of nitrogens with zero attached hydrogens (tertiary/aromatic N) is 5. The Morgan fingerprint density at radius 3 is 2.67 bits per heavy atom. The second-order valence-electron chi connectivity index (χ2n) is 11.0. The highest BCUT2D eigenvalue weighted by Gasteiger charge is 2.50. The van der Waals surface area contributed by atoms with Crippen LogP contribution in [0.5, 0.6) is 0 Å². The SMILES string of the molecule is CC(C)(Cc1csc([C@@]2(C)C(=O)Nc3nc(-c4nn(Cc5ccccc5F)c5cc(F)ccc45)nc(N)c32)n1)C(=O)O. The molecule has 0 spiro atoms. The molecule has 214 valence electrons. The number of anilines is 2. The lowest BCUT2D eigenvalue weighted by molar-refractivity contribution is -0.146. The van der Waals surface area contributed by atoms with Gasteiger partial charge in [0.1, 0.15) is 39.4 Å². The van der Waals surface area contributed by atoms with E-state index in [1.807, 2.05) is 0 Å². The van der Waals surface area contributed by atoms with Gasteiger partial charge in [-0.3, -0.25) is 14.3 Å². The average Bonchev–Trinajstić information content (AvgIpc) is 3.60. The number of nitrogens with one attached hydrogen (secondary N) is 1. The van der Waals surface area contributed by atoms with Gasteiger partial charge in [0.2, 0.25) is 5.91 Å². The summed E-state index contributed by atoms with van der Waals surface area (Å²) in [6.45, 7) is 4.92. The number of carboxylic acids is 1. The first kappa shape index (κ1) is 27.4. The predicted octanol–water partition coefficient (Wildman–Crippen LogP) is 4.77. The Balaban J connectivity index is 1.42. The minimum atomic E-state index is -1.32. The number of carbonyl (C=O) groups is 2. The number of nitrogens with two attached hydrogens (primary N) is 1. The van der Waals surface area contributed by atoms with Gasteiger partial charge in [-0.05, 0) is 45.0 Å². The van der Waals surface area contributed by atoms with Crippen LogP contribution in [0.3, 0.4) is 0 Å². The zero-order valence-corrected chi connectivity index (χ0v) is 23.6. The van der Waals surface area contributed by atoms with E-state index in [-0.39, 0.29) is 36.1 Å². The maximum absolute atomic E-state index is 14.4. The van der Waals surface area contributed by atoms with E-state index in [0.29, 0.717) is 32.7 Å². The molecule has 0 saturated heterocycles. The van der Waals surface area contributed by atoms with Crippen molar-refractivity contribution in [3.63, 3.8) is 0 Å². The summed E-state index contributed by atoms with van der Waals surface area (Å²) in [5, 5.41) is 19.6. The van der Waals surface area contributed by atoms with E-state index >= 15 is 0 Å². The van der Waals surface area contributed by atoms with Crippen molar-refractivity contribution in [3.8, 4) is 11.5 Å². The topological polar surface area (TPSA) is 149 Å². The lowest BCUT2D eigenvalue weighted by Gasteiger charge is -2.20. The maximum atomic E-state index is 14.4. The Hall–Kier alpha value is -4.78. The van der Waals surface area contributed by atoms with E-state index in [9.17, 15) is 23.5 Å². The summed E-state index contributed by atoms with van der Waals surface area (Å²) in [6.07, 6.45) is 0.178. The van der Waals surface area contributed by atoms with Crippen LogP contribution in [0.2, 0.25) is 0 Å². The van der Waals surface area contributed by atoms with Gasteiger partial charge in [-0.1, -0.05) is 18.2 Å². The molecule has 0 unspecified atom stereocenters. The second-order valence-corrected chi connectivity index (χ2v) is 11.9. The Kier molecular flexibility index (Phi) is 6.30. The van der Waals surface area contributed by atoms with Gasteiger partial charge in [0, 0.05) is 22.8 Å². The van der Waals surface area contributed by atoms with Crippen LogP contribution in [0.4, 0.5) is 20.4 Å². The molecule has 10 nitrogen and oxygen atoms in total. The fourth-order valence-electron chi connectivity index (χ4n) is 5.08. The highest BCUT2D eigenvalue weighted by molar-refractivity contribution is 7.10. The Morgan fingerprint density at radius 2 is 1.93 bits per heavy atom. The molecule has 6 rings (SSSR count). The van der Waals surface area contributed by atoms with Gasteiger partial charge in [0.05, 0.1) is 28.7 Å². The van der Waals surface area contributed by atoms with Gasteiger partial charge in [0.15, 0.2) is 5.82 Å². The van der Waals surface area contributed by atoms with Gasteiger partial charge in [-0.2, -0.15) is 5.10 Å². The number of carboxylic acid groups (broad SMARTS) is 1. The summed E-state index contributed by atoms with van der Waals surface area (Å²) in [5.41, 5.74) is 6.05. The number of aliphatic carboxylic acids is 1. The van der Waals surface area contributed by atoms with E-state index in [2.05, 4.69) is 25.4 Å². The zero-order valence-electron chi connectivity index (χ0n) is 22.8. The molecule has 13 heteroatoms. The number of carbonyl (C=O) groups excluding carboxylic acids is 1. The van der Waals surface area contributed by atoms with E-state index in [0.717, 1.165) is 0 Å². The number of hydrogen-bond donors (Lipinski definition) is 3. The van der Waals surface area contributed by atoms with Gasteiger partial charge < -0.3 is 16.2 Å². The molecule has 42 heavy (non-hydrogen) atoms. The summed E-state index contributed by atoms with van der Waals surface area (Å²) in [6, 6.07) is 10.4. The van der Waals surface area contributed by atoms with Crippen LogP contribution in [0.1, 0.15) is 42.6 Å². The molecule has 1 amide bonds. The molecule has 4 N–H and O–H groups in total. The molecule has 4 heterocycles. The number of amides is 1. The summed E-state index contributed by atoms with van der Waals surface area (Å²) < 4.78 is 30.2. The van der Waals surface area contributed by atoms with Crippen molar-refractivity contribution in [1.29, 1.82) is 0 Å². The fourth-order valence-corrected chi connectivity index (χ4v) is 6.07. The van der Waals surface area contributed by atoms with Crippen molar-refractivity contribution in [3.05, 3.63) is 81.3 Å². The first-order valence-electron chi connectivity index (χ1n) is 13.0. The number of benzene rings is 2. The fraction of sp³-hybridized carbons (Fsp3) is 0.241. The Labute approximate surface area is 242 Å². The van der Waals surface area contributed by atoms with Crippen LogP contribution in [0.25, 0.3) is 22.4 Å². The molecule has 0 bridgehead atoms. The number of nitrogen functional groups attached to an aromatic ring is 1. The number of hydrogen-bond acceptors (Lipinski definition) is 8. The van der Waals surface area contributed by atoms with Crippen molar-refractivity contribution < 1.29 is 23.5 Å². The molecular formula is C29H25F2N7O3S. The third-order valence-electron chi connectivity index (χ3n) is 7.51. The minimum absolute atomic E-state index is 0.0254. The van der Waals surface area contributed by atoms with Gasteiger partial charge in [-0.25, -0.2) is 23.7 Å². The molecule has 1 aliphatic heterocycles. The largest absolute Gasteiger partial charge is 0.481 e. The maximum Gasteiger partial charge on any atom is 0.309 e. The highest BCUT2D eigenvalue weighted by atomic mass is 32.1. The first-order valence-corrected chi connectivity index (χ1v) is 13.8. The summed E-state index contributed by atoms with van der Waals surface area (Å²) in [5.74, 6) is -1.96. The highest BCUT2D eigenvalue weighted by Crippen LogP contribution is 2.46. The van der Waals surface area contributed by atoms with Crippen molar-refractivity contribution in [2.45, 2.75) is 39.2 Å². The average molecular weight is 590 g/mol. The minimum Gasteiger partial charge on any atom is -0.481 e. The number of fused-ring (bicyclic) bond motifs is 2. The van der Waals surface area contributed by atoms with Crippen LogP contribution in [0, 0.1) is 17.0 Å². The van der Waals surface area contributed by atoms with Gasteiger partial charge >= 0.3 is 5.97 Å². The molecule has 0 aliphatic carbocycles. The lowest BCUT2D eigenvalue weighted by Crippen LogP contribution is -2.33. The summed E-state index contributed by atoms with van der Waals surface area (Å²) in [4.78, 5) is 38.7. The van der Waals surface area contributed by atoms with Crippen molar-refractivity contribution in [2.24, 2.45) is 5.41 Å². The van der Waals surface area contributed by atoms with Crippen LogP contribution in [-0.4, -0.2) is 41.7 Å². The van der Waals surface area contributed by atoms with Crippen LogP contribution in [0.15, 0.2) is 47.8 Å². The molecule has 0 radical (unpaired) electrons. The standard InChI is InChI=1S/C29H25F2N7O3S/c1-28(2,27(40)41)11-16-13-42-26(33-16)29(3)20-22(32)34-24(35-23(20)36-25(29)39)21-17-9-8-15(30)10-19(17)38(37-21)12-14-6-4-5-7-18(14)31/h4-10,13H,11-12H2,1-3H3,(H,40,41)(H3,32,34,35,36,39)/t29-/m1/s1. The van der Waals surface area contributed by atoms with E-state index in [1.54, 1.807) is 44.4 Å². The molecule has 0 fully saturated rings. The number of halogens is 2. The Morgan fingerprint density at radius 1 is 1.17 bits per heavy atom. The quantitative estimate of drug-likeness (QED) is 0.246. The van der Waals surface area contributed by atoms with Crippen molar-refractivity contribution in [2.75, 3.05) is 11.1 Å². The third kappa shape index (κ3) is 4.36. The molecule has 1 atom stereocenters. The monoisotopic (exact) mass is 589 g/mol. The molecule has 5 aromatic rings.